The van der Waals surface area contributed by atoms with Gasteiger partial charge in [0.05, 0.1) is 11.0 Å². The summed E-state index contributed by atoms with van der Waals surface area (Å²) >= 11 is 0. The van der Waals surface area contributed by atoms with Crippen LogP contribution in [0.4, 0.5) is 0 Å². The van der Waals surface area contributed by atoms with Gasteiger partial charge in [-0.3, -0.25) is 0 Å². The summed E-state index contributed by atoms with van der Waals surface area (Å²) in [4.78, 5) is 7.12. The van der Waals surface area contributed by atoms with Gasteiger partial charge in [0.2, 0.25) is 0 Å². The van der Waals surface area contributed by atoms with Crippen molar-refractivity contribution in [2.75, 3.05) is 6.26 Å². The van der Waals surface area contributed by atoms with Gasteiger partial charge in [-0.25, -0.2) is 13.4 Å². The van der Waals surface area contributed by atoms with E-state index in [1.807, 2.05) is 0 Å². The number of nitrogens with zero attached hydrogens (tertiary/aromatic N) is 1. The zero-order chi connectivity index (χ0) is 13.2. The Morgan fingerprint density at radius 1 is 1.44 bits per heavy atom. The number of aromatic amines is 1. The number of imidazole rings is 1. The van der Waals surface area contributed by atoms with Crippen molar-refractivity contribution >= 4 is 9.84 Å². The Hall–Kier alpha value is -1.66. The molecule has 0 aliphatic carbocycles. The molecular formula is C12H14N2O3S. The number of aliphatic hydroxyl groups excluding tert-OH is 1. The standard InChI is InChI=1S/C12H14N2O3S/c1-18(16,17)10-4-2-3-9(7-10)11(15)8-12-13-5-6-14-12/h2-7,11,15H,8H2,1H3,(H,13,14). The van der Waals surface area contributed by atoms with Crippen LogP contribution in [0.25, 0.3) is 0 Å². The smallest absolute Gasteiger partial charge is 0.175 e. The number of benzene rings is 1. The molecule has 1 heterocycles. The molecule has 1 unspecified atom stereocenters. The fraction of sp³-hybridized carbons (Fsp3) is 0.250. The molecule has 1 atom stereocenters. The van der Waals surface area contributed by atoms with E-state index in [9.17, 15) is 13.5 Å². The van der Waals surface area contributed by atoms with Crippen LogP contribution in [-0.2, 0) is 16.3 Å². The van der Waals surface area contributed by atoms with Crippen LogP contribution >= 0.6 is 0 Å². The fourth-order valence-electron chi connectivity index (χ4n) is 1.66. The molecule has 0 aliphatic rings. The largest absolute Gasteiger partial charge is 0.388 e. The van der Waals surface area contributed by atoms with E-state index in [-0.39, 0.29) is 4.90 Å². The zero-order valence-electron chi connectivity index (χ0n) is 9.87. The Labute approximate surface area is 105 Å². The zero-order valence-corrected chi connectivity index (χ0v) is 10.7. The number of hydrogen-bond acceptors (Lipinski definition) is 4. The topological polar surface area (TPSA) is 83.1 Å². The Morgan fingerprint density at radius 3 is 2.83 bits per heavy atom. The van der Waals surface area contributed by atoms with Crippen LogP contribution in [0.2, 0.25) is 0 Å². The molecule has 1 aromatic carbocycles. The second kappa shape index (κ2) is 4.91. The molecule has 0 radical (unpaired) electrons. The first-order valence-corrected chi connectivity index (χ1v) is 7.32. The van der Waals surface area contributed by atoms with Crippen LogP contribution in [0.3, 0.4) is 0 Å². The lowest BCUT2D eigenvalue weighted by molar-refractivity contribution is 0.176. The van der Waals surface area contributed by atoms with Crippen molar-refractivity contribution in [2.45, 2.75) is 17.4 Å². The monoisotopic (exact) mass is 266 g/mol. The number of aliphatic hydroxyl groups is 1. The summed E-state index contributed by atoms with van der Waals surface area (Å²) < 4.78 is 22.8. The summed E-state index contributed by atoms with van der Waals surface area (Å²) in [7, 11) is -3.26. The van der Waals surface area contributed by atoms with Crippen LogP contribution in [0.5, 0.6) is 0 Å². The van der Waals surface area contributed by atoms with Crippen molar-refractivity contribution in [3.63, 3.8) is 0 Å². The van der Waals surface area contributed by atoms with Gasteiger partial charge in [-0.05, 0) is 17.7 Å². The van der Waals surface area contributed by atoms with Gasteiger partial charge in [-0.15, -0.1) is 0 Å². The molecule has 18 heavy (non-hydrogen) atoms. The van der Waals surface area contributed by atoms with Crippen molar-refractivity contribution in [3.05, 3.63) is 48.0 Å². The lowest BCUT2D eigenvalue weighted by atomic mass is 10.1. The number of H-pyrrole nitrogens is 1. The average molecular weight is 266 g/mol. The molecule has 0 aliphatic heterocycles. The Morgan fingerprint density at radius 2 is 2.22 bits per heavy atom. The molecule has 0 saturated carbocycles. The number of sulfone groups is 1. The third-order valence-electron chi connectivity index (χ3n) is 2.61. The van der Waals surface area contributed by atoms with E-state index in [0.717, 1.165) is 6.26 Å². The van der Waals surface area contributed by atoms with E-state index in [1.54, 1.807) is 24.5 Å². The maximum atomic E-state index is 11.4. The van der Waals surface area contributed by atoms with Crippen LogP contribution in [0, 0.1) is 0 Å². The molecule has 0 fully saturated rings. The predicted octanol–water partition coefficient (Wildman–Crippen LogP) is 1.09. The van der Waals surface area contributed by atoms with E-state index in [1.165, 1.54) is 12.1 Å². The number of hydrogen-bond donors (Lipinski definition) is 2. The minimum Gasteiger partial charge on any atom is -0.388 e. The molecule has 2 aromatic rings. The highest BCUT2D eigenvalue weighted by Gasteiger charge is 2.13. The maximum Gasteiger partial charge on any atom is 0.175 e. The minimum absolute atomic E-state index is 0.207. The first kappa shape index (κ1) is 12.8. The molecule has 0 amide bonds. The predicted molar refractivity (Wildman–Crippen MR) is 66.8 cm³/mol. The van der Waals surface area contributed by atoms with Crippen LogP contribution in [0.15, 0.2) is 41.6 Å². The second-order valence-electron chi connectivity index (χ2n) is 4.10. The molecule has 0 saturated heterocycles. The molecule has 0 bridgehead atoms. The SMILES string of the molecule is CS(=O)(=O)c1cccc(C(O)Cc2ncc[nH]2)c1. The van der Waals surface area contributed by atoms with E-state index < -0.39 is 15.9 Å². The third-order valence-corrected chi connectivity index (χ3v) is 3.72. The summed E-state index contributed by atoms with van der Waals surface area (Å²) in [6.07, 6.45) is 3.97. The molecule has 2 N–H and O–H groups in total. The molecule has 0 spiro atoms. The van der Waals surface area contributed by atoms with E-state index in [0.29, 0.717) is 17.8 Å². The molecule has 2 rings (SSSR count). The Kier molecular flexibility index (Phi) is 3.49. The molecule has 96 valence electrons. The summed E-state index contributed by atoms with van der Waals surface area (Å²) in [5.74, 6) is 0.659. The van der Waals surface area contributed by atoms with Gasteiger partial charge in [0.15, 0.2) is 9.84 Å². The second-order valence-corrected chi connectivity index (χ2v) is 6.12. The normalized spacial score (nSPS) is 13.4. The van der Waals surface area contributed by atoms with E-state index >= 15 is 0 Å². The highest BCUT2D eigenvalue weighted by atomic mass is 32.2. The van der Waals surface area contributed by atoms with Crippen molar-refractivity contribution in [1.29, 1.82) is 0 Å². The average Bonchev–Trinajstić information content (AvgIpc) is 2.81. The van der Waals surface area contributed by atoms with Crippen LogP contribution < -0.4 is 0 Å². The Bertz CT molecular complexity index is 621. The van der Waals surface area contributed by atoms with Gasteiger partial charge in [0, 0.05) is 25.1 Å². The van der Waals surface area contributed by atoms with Crippen molar-refractivity contribution in [3.8, 4) is 0 Å². The maximum absolute atomic E-state index is 11.4. The van der Waals surface area contributed by atoms with Gasteiger partial charge in [0.25, 0.3) is 0 Å². The van der Waals surface area contributed by atoms with Crippen LogP contribution in [0.1, 0.15) is 17.5 Å². The Balaban J connectivity index is 2.23. The van der Waals surface area contributed by atoms with Crippen LogP contribution in [-0.4, -0.2) is 29.7 Å². The van der Waals surface area contributed by atoms with Gasteiger partial charge in [-0.1, -0.05) is 12.1 Å². The van der Waals surface area contributed by atoms with Gasteiger partial charge < -0.3 is 10.1 Å². The highest BCUT2D eigenvalue weighted by molar-refractivity contribution is 7.90. The summed E-state index contributed by atoms with van der Waals surface area (Å²) in [6.45, 7) is 0. The van der Waals surface area contributed by atoms with Gasteiger partial charge in [-0.2, -0.15) is 0 Å². The number of aromatic nitrogens is 2. The van der Waals surface area contributed by atoms with Crippen molar-refractivity contribution in [2.24, 2.45) is 0 Å². The first-order valence-electron chi connectivity index (χ1n) is 5.43. The lowest BCUT2D eigenvalue weighted by Gasteiger charge is -2.10. The fourth-order valence-corrected chi connectivity index (χ4v) is 2.34. The third kappa shape index (κ3) is 2.96. The summed E-state index contributed by atoms with van der Waals surface area (Å²) in [5.41, 5.74) is 0.564. The summed E-state index contributed by atoms with van der Waals surface area (Å²) in [6, 6.07) is 6.32. The minimum atomic E-state index is -3.26. The van der Waals surface area contributed by atoms with Gasteiger partial charge >= 0.3 is 0 Å². The lowest BCUT2D eigenvalue weighted by Crippen LogP contribution is -2.05. The first-order chi connectivity index (χ1) is 8.47. The highest BCUT2D eigenvalue weighted by Crippen LogP contribution is 2.20. The quantitative estimate of drug-likeness (QED) is 0.867. The van der Waals surface area contributed by atoms with Crippen molar-refractivity contribution in [1.82, 2.24) is 9.97 Å². The molecule has 5 nitrogen and oxygen atoms in total. The van der Waals surface area contributed by atoms with Gasteiger partial charge in [0.1, 0.15) is 5.82 Å². The summed E-state index contributed by atoms with van der Waals surface area (Å²) in [5, 5.41) is 10.0. The molecule has 6 heteroatoms. The molecular weight excluding hydrogens is 252 g/mol. The number of nitrogens with one attached hydrogen (secondary N) is 1. The molecule has 1 aromatic heterocycles. The van der Waals surface area contributed by atoms with Crippen molar-refractivity contribution < 1.29 is 13.5 Å². The van der Waals surface area contributed by atoms with E-state index in [2.05, 4.69) is 9.97 Å². The van der Waals surface area contributed by atoms with E-state index in [4.69, 9.17) is 0 Å². The number of rotatable bonds is 4.